The highest BCUT2D eigenvalue weighted by molar-refractivity contribution is 7.07. The van der Waals surface area contributed by atoms with E-state index in [9.17, 15) is 0 Å². The number of nitrogens with zero attached hydrogens (tertiary/aromatic N) is 3. The van der Waals surface area contributed by atoms with E-state index in [0.717, 1.165) is 17.9 Å². The van der Waals surface area contributed by atoms with E-state index < -0.39 is 0 Å². The van der Waals surface area contributed by atoms with Crippen molar-refractivity contribution in [3.63, 3.8) is 0 Å². The Labute approximate surface area is 102 Å². The lowest BCUT2D eigenvalue weighted by Crippen LogP contribution is -2.21. The van der Waals surface area contributed by atoms with Gasteiger partial charge in [-0.15, -0.1) is 16.7 Å². The van der Waals surface area contributed by atoms with Gasteiger partial charge in [-0.3, -0.25) is 0 Å². The summed E-state index contributed by atoms with van der Waals surface area (Å²) in [5.74, 6) is 0.391. The highest BCUT2D eigenvalue weighted by atomic mass is 35.5. The molecule has 0 saturated heterocycles. The fourth-order valence-electron chi connectivity index (χ4n) is 1.83. The molecule has 0 saturated carbocycles. The Kier molecular flexibility index (Phi) is 2.67. The summed E-state index contributed by atoms with van der Waals surface area (Å²) in [4.78, 5) is 0. The third-order valence-corrected chi connectivity index (χ3v) is 3.67. The van der Waals surface area contributed by atoms with E-state index in [4.69, 9.17) is 16.3 Å². The van der Waals surface area contributed by atoms with Gasteiger partial charge in [0.05, 0.1) is 24.7 Å². The number of fused-ring (bicyclic) bond motifs is 1. The van der Waals surface area contributed by atoms with Crippen LogP contribution in [0.1, 0.15) is 23.1 Å². The molecule has 0 aliphatic carbocycles. The second-order valence-corrected chi connectivity index (χ2v) is 4.70. The minimum absolute atomic E-state index is 0.0867. The lowest BCUT2D eigenvalue weighted by Gasteiger charge is -2.23. The van der Waals surface area contributed by atoms with E-state index >= 15 is 0 Å². The molecule has 3 heterocycles. The molecule has 2 aromatic heterocycles. The summed E-state index contributed by atoms with van der Waals surface area (Å²) in [6, 6.07) is 2.08. The van der Waals surface area contributed by atoms with E-state index in [-0.39, 0.29) is 6.10 Å². The third-order valence-electron chi connectivity index (χ3n) is 2.72. The highest BCUT2D eigenvalue weighted by Crippen LogP contribution is 2.28. The van der Waals surface area contributed by atoms with Crippen LogP contribution < -0.4 is 0 Å². The molecule has 0 aromatic carbocycles. The maximum absolute atomic E-state index is 5.80. The van der Waals surface area contributed by atoms with Gasteiger partial charge in [0.15, 0.2) is 0 Å². The topological polar surface area (TPSA) is 39.9 Å². The van der Waals surface area contributed by atoms with Gasteiger partial charge in [-0.25, -0.2) is 4.68 Å². The average Bonchev–Trinajstić information content (AvgIpc) is 2.97. The molecule has 0 amide bonds. The SMILES string of the molecule is ClCc1nnn2c1CO[C@@H](c1ccsc1)C2. The first-order chi connectivity index (χ1) is 7.88. The van der Waals surface area contributed by atoms with Crippen molar-refractivity contribution in [1.82, 2.24) is 15.0 Å². The minimum atomic E-state index is 0.0867. The summed E-state index contributed by atoms with van der Waals surface area (Å²) in [5, 5.41) is 12.3. The second kappa shape index (κ2) is 4.16. The number of hydrogen-bond acceptors (Lipinski definition) is 4. The van der Waals surface area contributed by atoms with Crippen molar-refractivity contribution in [3.8, 4) is 0 Å². The zero-order chi connectivity index (χ0) is 11.0. The van der Waals surface area contributed by atoms with Crippen molar-refractivity contribution in [2.24, 2.45) is 0 Å². The zero-order valence-corrected chi connectivity index (χ0v) is 10.0. The first-order valence-corrected chi connectivity index (χ1v) is 6.47. The van der Waals surface area contributed by atoms with E-state index in [0.29, 0.717) is 12.5 Å². The first-order valence-electron chi connectivity index (χ1n) is 4.99. The molecule has 1 aliphatic rings. The highest BCUT2D eigenvalue weighted by Gasteiger charge is 2.24. The molecule has 6 heteroatoms. The van der Waals surface area contributed by atoms with Gasteiger partial charge in [0.2, 0.25) is 0 Å². The smallest absolute Gasteiger partial charge is 0.103 e. The molecular formula is C10H10ClN3OS. The largest absolute Gasteiger partial charge is 0.365 e. The van der Waals surface area contributed by atoms with Crippen LogP contribution in [0.25, 0.3) is 0 Å². The molecule has 3 rings (SSSR count). The van der Waals surface area contributed by atoms with Crippen LogP contribution in [0.4, 0.5) is 0 Å². The number of ether oxygens (including phenoxy) is 1. The van der Waals surface area contributed by atoms with Crippen LogP contribution in [0, 0.1) is 0 Å². The molecule has 0 fully saturated rings. The van der Waals surface area contributed by atoms with Gasteiger partial charge in [0.25, 0.3) is 0 Å². The summed E-state index contributed by atoms with van der Waals surface area (Å²) >= 11 is 7.45. The van der Waals surface area contributed by atoms with Crippen LogP contribution in [0.15, 0.2) is 16.8 Å². The van der Waals surface area contributed by atoms with Gasteiger partial charge >= 0.3 is 0 Å². The Morgan fingerprint density at radius 1 is 1.62 bits per heavy atom. The zero-order valence-electron chi connectivity index (χ0n) is 8.47. The molecule has 0 unspecified atom stereocenters. The Morgan fingerprint density at radius 2 is 2.56 bits per heavy atom. The molecule has 0 spiro atoms. The molecule has 84 valence electrons. The summed E-state index contributed by atoms with van der Waals surface area (Å²) in [6.07, 6.45) is 0.0867. The third kappa shape index (κ3) is 1.65. The van der Waals surface area contributed by atoms with Crippen LogP contribution in [-0.4, -0.2) is 15.0 Å². The number of thiophene rings is 1. The molecule has 0 bridgehead atoms. The molecular weight excluding hydrogens is 246 g/mol. The maximum atomic E-state index is 5.80. The van der Waals surface area contributed by atoms with Crippen molar-refractivity contribution in [2.45, 2.75) is 25.1 Å². The standard InChI is InChI=1S/C10H10ClN3OS/c11-3-8-9-5-15-10(4-14(9)13-12-8)7-1-2-16-6-7/h1-2,6,10H,3-5H2/t10-/m1/s1. The van der Waals surface area contributed by atoms with Gasteiger partial charge in [-0.1, -0.05) is 5.21 Å². The van der Waals surface area contributed by atoms with Crippen molar-refractivity contribution in [1.29, 1.82) is 0 Å². The number of aromatic nitrogens is 3. The quantitative estimate of drug-likeness (QED) is 0.774. The van der Waals surface area contributed by atoms with E-state index in [1.54, 1.807) is 11.3 Å². The maximum Gasteiger partial charge on any atom is 0.103 e. The lowest BCUT2D eigenvalue weighted by atomic mass is 10.1. The Bertz CT molecular complexity index is 482. The fraction of sp³-hybridized carbons (Fsp3) is 0.400. The minimum Gasteiger partial charge on any atom is -0.365 e. The van der Waals surface area contributed by atoms with Gasteiger partial charge in [0, 0.05) is 0 Å². The molecule has 4 nitrogen and oxygen atoms in total. The van der Waals surface area contributed by atoms with Gasteiger partial charge in [-0.05, 0) is 22.4 Å². The summed E-state index contributed by atoms with van der Waals surface area (Å²) in [6.45, 7) is 1.26. The Morgan fingerprint density at radius 3 is 3.31 bits per heavy atom. The van der Waals surface area contributed by atoms with Crippen LogP contribution in [0.2, 0.25) is 0 Å². The lowest BCUT2D eigenvalue weighted by molar-refractivity contribution is -0.00145. The molecule has 0 radical (unpaired) electrons. The van der Waals surface area contributed by atoms with Crippen LogP contribution >= 0.6 is 22.9 Å². The van der Waals surface area contributed by atoms with E-state index in [1.807, 2.05) is 4.68 Å². The Balaban J connectivity index is 1.87. The molecule has 2 aromatic rings. The number of halogens is 1. The molecule has 16 heavy (non-hydrogen) atoms. The van der Waals surface area contributed by atoms with Crippen molar-refractivity contribution < 1.29 is 4.74 Å². The predicted molar refractivity (Wildman–Crippen MR) is 61.4 cm³/mol. The fourth-order valence-corrected chi connectivity index (χ4v) is 2.74. The summed E-state index contributed by atoms with van der Waals surface area (Å²) < 4.78 is 7.69. The van der Waals surface area contributed by atoms with Crippen LogP contribution in [0.5, 0.6) is 0 Å². The number of hydrogen-bond donors (Lipinski definition) is 0. The summed E-state index contributed by atoms with van der Waals surface area (Å²) in [7, 11) is 0. The number of rotatable bonds is 2. The molecule has 1 atom stereocenters. The normalized spacial score (nSPS) is 19.7. The number of alkyl halides is 1. The van der Waals surface area contributed by atoms with Crippen LogP contribution in [-0.2, 0) is 23.8 Å². The van der Waals surface area contributed by atoms with Gasteiger partial charge in [-0.2, -0.15) is 11.3 Å². The Hall–Kier alpha value is -0.910. The van der Waals surface area contributed by atoms with Gasteiger partial charge in [0.1, 0.15) is 11.8 Å². The van der Waals surface area contributed by atoms with E-state index in [2.05, 4.69) is 27.1 Å². The molecule has 0 N–H and O–H groups in total. The summed E-state index contributed by atoms with van der Waals surface area (Å²) in [5.41, 5.74) is 3.03. The predicted octanol–water partition coefficient (Wildman–Crippen LogP) is 2.35. The van der Waals surface area contributed by atoms with Gasteiger partial charge < -0.3 is 4.74 Å². The monoisotopic (exact) mass is 255 g/mol. The molecule has 1 aliphatic heterocycles. The van der Waals surface area contributed by atoms with E-state index in [1.165, 1.54) is 5.56 Å². The van der Waals surface area contributed by atoms with Crippen LogP contribution in [0.3, 0.4) is 0 Å². The average molecular weight is 256 g/mol. The first kappa shape index (κ1) is 10.3. The van der Waals surface area contributed by atoms with Crippen molar-refractivity contribution in [2.75, 3.05) is 0 Å². The van der Waals surface area contributed by atoms with Crippen molar-refractivity contribution >= 4 is 22.9 Å². The van der Waals surface area contributed by atoms with Crippen molar-refractivity contribution in [3.05, 3.63) is 33.8 Å². The second-order valence-electron chi connectivity index (χ2n) is 3.65.